The number of aliphatic hydroxyl groups is 3. The zero-order valence-electron chi connectivity index (χ0n) is 11.0. The largest absolute Gasteiger partial charge is 0.458 e. The summed E-state index contributed by atoms with van der Waals surface area (Å²) < 4.78 is 10.1. The van der Waals surface area contributed by atoms with Crippen molar-refractivity contribution in [1.82, 2.24) is 0 Å². The van der Waals surface area contributed by atoms with Gasteiger partial charge in [-0.1, -0.05) is 26.2 Å². The van der Waals surface area contributed by atoms with Crippen LogP contribution in [-0.2, 0) is 9.47 Å². The predicted octanol–water partition coefficient (Wildman–Crippen LogP) is 0.875. The van der Waals surface area contributed by atoms with Gasteiger partial charge in [-0.2, -0.15) is 0 Å². The maximum Gasteiger partial charge on any atom is 0.369 e. The van der Waals surface area contributed by atoms with Crippen molar-refractivity contribution in [2.24, 2.45) is 0 Å². The van der Waals surface area contributed by atoms with E-state index < -0.39 is 29.0 Å². The molecule has 19 heavy (non-hydrogen) atoms. The fraction of sp³-hybridized carbons (Fsp3) is 0.917. The van der Waals surface area contributed by atoms with Crippen molar-refractivity contribution in [3.05, 3.63) is 0 Å². The van der Waals surface area contributed by atoms with Gasteiger partial charge in [0.15, 0.2) is 0 Å². The van der Waals surface area contributed by atoms with E-state index in [-0.39, 0.29) is 6.61 Å². The van der Waals surface area contributed by atoms with Crippen LogP contribution >= 0.6 is 11.8 Å². The molecule has 3 N–H and O–H groups in total. The molecule has 0 saturated carbocycles. The monoisotopic (exact) mass is 294 g/mol. The number of aliphatic hydroxyl groups excluding tert-OH is 3. The van der Waals surface area contributed by atoms with Crippen LogP contribution in [0.2, 0.25) is 0 Å². The fourth-order valence-electron chi connectivity index (χ4n) is 1.70. The molecule has 0 aromatic rings. The summed E-state index contributed by atoms with van der Waals surface area (Å²) in [4.78, 5) is 11.5. The lowest BCUT2D eigenvalue weighted by Crippen LogP contribution is -2.51. The normalized spacial score (nSPS) is 31.2. The molecule has 1 aliphatic heterocycles. The summed E-state index contributed by atoms with van der Waals surface area (Å²) in [6.45, 7) is 2.34. The number of ether oxygens (including phenoxy) is 2. The molecule has 6 nitrogen and oxygen atoms in total. The quantitative estimate of drug-likeness (QED) is 0.494. The van der Waals surface area contributed by atoms with E-state index in [9.17, 15) is 20.1 Å². The number of carbonyl (C=O) groups excluding carboxylic acids is 1. The highest BCUT2D eigenvalue weighted by Crippen LogP contribution is 2.26. The smallest absolute Gasteiger partial charge is 0.369 e. The zero-order valence-corrected chi connectivity index (χ0v) is 11.8. The van der Waals surface area contributed by atoms with Gasteiger partial charge in [-0.25, -0.2) is 4.79 Å². The van der Waals surface area contributed by atoms with Crippen LogP contribution in [0.1, 0.15) is 32.6 Å². The predicted molar refractivity (Wildman–Crippen MR) is 70.8 cm³/mol. The van der Waals surface area contributed by atoms with Gasteiger partial charge in [0.25, 0.3) is 0 Å². The molecule has 7 heteroatoms. The molecule has 0 bridgehead atoms. The Hall–Kier alpha value is -0.340. The van der Waals surface area contributed by atoms with E-state index in [1.165, 1.54) is 0 Å². The molecular formula is C12H22O6S. The Morgan fingerprint density at radius 3 is 2.68 bits per heavy atom. The number of thioether (sulfide) groups is 1. The minimum atomic E-state index is -1.30. The Labute approximate surface area is 117 Å². The highest BCUT2D eigenvalue weighted by molar-refractivity contribution is 8.13. The van der Waals surface area contributed by atoms with Crippen LogP contribution < -0.4 is 0 Å². The third-order valence-electron chi connectivity index (χ3n) is 2.88. The summed E-state index contributed by atoms with van der Waals surface area (Å²) in [6, 6.07) is 0. The molecule has 1 rings (SSSR count). The Kier molecular flexibility index (Phi) is 7.70. The van der Waals surface area contributed by atoms with E-state index in [1.807, 2.05) is 0 Å². The lowest BCUT2D eigenvalue weighted by molar-refractivity contribution is -0.161. The maximum atomic E-state index is 11.5. The van der Waals surface area contributed by atoms with Gasteiger partial charge < -0.3 is 24.8 Å². The lowest BCUT2D eigenvalue weighted by atomic mass is 10.1. The second-order valence-corrected chi connectivity index (χ2v) is 5.56. The first-order valence-electron chi connectivity index (χ1n) is 6.55. The molecule has 0 aromatic heterocycles. The maximum absolute atomic E-state index is 11.5. The van der Waals surface area contributed by atoms with Gasteiger partial charge in [0.1, 0.15) is 23.7 Å². The molecule has 0 spiro atoms. The van der Waals surface area contributed by atoms with Crippen molar-refractivity contribution in [1.29, 1.82) is 0 Å². The van der Waals surface area contributed by atoms with E-state index >= 15 is 0 Å². The van der Waals surface area contributed by atoms with Crippen LogP contribution in [0, 0.1) is 0 Å². The van der Waals surface area contributed by atoms with Gasteiger partial charge >= 0.3 is 5.30 Å². The van der Waals surface area contributed by atoms with Crippen molar-refractivity contribution >= 4 is 17.1 Å². The highest BCUT2D eigenvalue weighted by Gasteiger charge is 2.39. The molecule has 1 aliphatic rings. The molecule has 1 heterocycles. The molecule has 1 fully saturated rings. The zero-order chi connectivity index (χ0) is 14.3. The molecule has 0 radical (unpaired) electrons. The summed E-state index contributed by atoms with van der Waals surface area (Å²) in [5.74, 6) is 0. The molecule has 1 saturated heterocycles. The molecular weight excluding hydrogens is 272 g/mol. The van der Waals surface area contributed by atoms with Gasteiger partial charge in [0, 0.05) is 0 Å². The van der Waals surface area contributed by atoms with E-state index in [2.05, 4.69) is 6.92 Å². The van der Waals surface area contributed by atoms with Crippen molar-refractivity contribution < 1.29 is 29.6 Å². The van der Waals surface area contributed by atoms with E-state index in [0.717, 1.165) is 25.7 Å². The van der Waals surface area contributed by atoms with E-state index in [1.54, 1.807) is 0 Å². The Morgan fingerprint density at radius 1 is 1.26 bits per heavy atom. The summed E-state index contributed by atoms with van der Waals surface area (Å²) in [6.07, 6.45) is 0.323. The van der Waals surface area contributed by atoms with Gasteiger partial charge in [-0.05, 0) is 18.2 Å². The third kappa shape index (κ3) is 5.66. The van der Waals surface area contributed by atoms with Crippen LogP contribution in [0.15, 0.2) is 0 Å². The van der Waals surface area contributed by atoms with E-state index in [4.69, 9.17) is 9.47 Å². The molecule has 112 valence electrons. The number of hydrogen-bond acceptors (Lipinski definition) is 7. The Balaban J connectivity index is 2.21. The molecule has 0 aromatic carbocycles. The third-order valence-corrected chi connectivity index (χ3v) is 3.84. The highest BCUT2D eigenvalue weighted by atomic mass is 32.2. The summed E-state index contributed by atoms with van der Waals surface area (Å²) in [5.41, 5.74) is -0.901. The van der Waals surface area contributed by atoms with Crippen molar-refractivity contribution in [2.75, 3.05) is 13.2 Å². The topological polar surface area (TPSA) is 96.2 Å². The fourth-order valence-corrected chi connectivity index (χ4v) is 2.48. The first-order chi connectivity index (χ1) is 9.06. The number of hydrogen-bond donors (Lipinski definition) is 3. The van der Waals surface area contributed by atoms with Gasteiger partial charge in [0.05, 0.1) is 13.2 Å². The molecule has 4 atom stereocenters. The van der Waals surface area contributed by atoms with Gasteiger partial charge in [0.2, 0.25) is 0 Å². The molecule has 1 unspecified atom stereocenters. The summed E-state index contributed by atoms with van der Waals surface area (Å²) in [7, 11) is 0. The second-order valence-electron chi connectivity index (χ2n) is 4.53. The van der Waals surface area contributed by atoms with Crippen molar-refractivity contribution in [3.63, 3.8) is 0 Å². The Morgan fingerprint density at radius 2 is 2.00 bits per heavy atom. The van der Waals surface area contributed by atoms with Crippen LogP contribution in [0.4, 0.5) is 4.79 Å². The molecule has 0 amide bonds. The lowest BCUT2D eigenvalue weighted by Gasteiger charge is -2.34. The summed E-state index contributed by atoms with van der Waals surface area (Å²) in [5, 5.41) is 27.8. The van der Waals surface area contributed by atoms with Gasteiger partial charge in [-0.3, -0.25) is 0 Å². The first-order valence-corrected chi connectivity index (χ1v) is 7.43. The average molecular weight is 294 g/mol. The van der Waals surface area contributed by atoms with Crippen LogP contribution in [0.5, 0.6) is 0 Å². The second kappa shape index (κ2) is 8.76. The van der Waals surface area contributed by atoms with E-state index in [0.29, 0.717) is 18.4 Å². The standard InChI is InChI=1S/C12H22O6S/c1-2-3-4-5-6-17-12(16)19-11-10(15)9(14)8(13)7-18-11/h8-11,13-15H,2-7H2,1H3/t8-,9+,10-,11?/m1/s1. The Bertz CT molecular complexity index is 275. The molecule has 0 aliphatic carbocycles. The average Bonchev–Trinajstić information content (AvgIpc) is 2.39. The van der Waals surface area contributed by atoms with Crippen LogP contribution in [-0.4, -0.2) is 57.6 Å². The SMILES string of the molecule is CCCCCCOC(=O)SC1OC[C@@H](O)[C@H](O)[C@H]1O. The number of unbranched alkanes of at least 4 members (excludes halogenated alkanes) is 3. The first kappa shape index (κ1) is 16.7. The number of rotatable bonds is 6. The summed E-state index contributed by atoms with van der Waals surface area (Å²) >= 11 is 0.694. The minimum Gasteiger partial charge on any atom is -0.458 e. The van der Waals surface area contributed by atoms with Crippen molar-refractivity contribution in [2.45, 2.75) is 56.4 Å². The van der Waals surface area contributed by atoms with Gasteiger partial charge in [-0.15, -0.1) is 0 Å². The van der Waals surface area contributed by atoms with Crippen LogP contribution in [0.25, 0.3) is 0 Å². The minimum absolute atomic E-state index is 0.111. The number of carbonyl (C=O) groups is 1. The van der Waals surface area contributed by atoms with Crippen molar-refractivity contribution in [3.8, 4) is 0 Å². The van der Waals surface area contributed by atoms with Crippen LogP contribution in [0.3, 0.4) is 0 Å².